The van der Waals surface area contributed by atoms with Gasteiger partial charge in [-0.3, -0.25) is 0 Å². The van der Waals surface area contributed by atoms with Crippen LogP contribution in [0.4, 0.5) is 0 Å². The van der Waals surface area contributed by atoms with E-state index >= 15 is 0 Å². The maximum Gasteiger partial charge on any atom is 0.328 e. The third kappa shape index (κ3) is 3.68. The molecule has 0 aliphatic heterocycles. The molecular weight excluding hydrogens is 200 g/mol. The Hall–Kier alpha value is -1.20. The minimum Gasteiger partial charge on any atom is -0.478 e. The van der Waals surface area contributed by atoms with Gasteiger partial charge in [0.25, 0.3) is 0 Å². The van der Waals surface area contributed by atoms with Crippen molar-refractivity contribution in [2.24, 2.45) is 0 Å². The van der Waals surface area contributed by atoms with Gasteiger partial charge in [0.05, 0.1) is 5.69 Å². The van der Waals surface area contributed by atoms with E-state index in [0.717, 1.165) is 17.6 Å². The van der Waals surface area contributed by atoms with E-state index in [9.17, 15) is 4.79 Å². The topological polar surface area (TPSA) is 53.4 Å². The fourth-order valence-corrected chi connectivity index (χ4v) is 1.78. The molecule has 76 valence electrons. The van der Waals surface area contributed by atoms with E-state index in [1.807, 2.05) is 24.4 Å². The van der Waals surface area contributed by atoms with Crippen LogP contribution in [-0.4, -0.2) is 35.1 Å². The molecule has 0 aliphatic carbocycles. The summed E-state index contributed by atoms with van der Waals surface area (Å²) in [7, 11) is 3.93. The Bertz CT molecular complexity index is 344. The lowest BCUT2D eigenvalue weighted by Crippen LogP contribution is -2.10. The molecule has 0 bridgehead atoms. The van der Waals surface area contributed by atoms with Crippen molar-refractivity contribution < 1.29 is 9.90 Å². The average molecular weight is 212 g/mol. The van der Waals surface area contributed by atoms with E-state index in [1.54, 1.807) is 0 Å². The van der Waals surface area contributed by atoms with Crippen molar-refractivity contribution in [2.45, 2.75) is 6.54 Å². The third-order valence-electron chi connectivity index (χ3n) is 1.42. The summed E-state index contributed by atoms with van der Waals surface area (Å²) in [6, 6.07) is 0. The molecule has 1 rings (SSSR count). The van der Waals surface area contributed by atoms with Crippen LogP contribution < -0.4 is 0 Å². The van der Waals surface area contributed by atoms with E-state index in [1.165, 1.54) is 17.4 Å². The summed E-state index contributed by atoms with van der Waals surface area (Å²) in [5.74, 6) is -0.952. The monoisotopic (exact) mass is 212 g/mol. The number of thiazole rings is 1. The Morgan fingerprint density at radius 2 is 2.43 bits per heavy atom. The minimum absolute atomic E-state index is 0.703. The summed E-state index contributed by atoms with van der Waals surface area (Å²) in [4.78, 5) is 16.5. The van der Waals surface area contributed by atoms with Gasteiger partial charge in [-0.25, -0.2) is 9.78 Å². The largest absolute Gasteiger partial charge is 0.478 e. The van der Waals surface area contributed by atoms with Gasteiger partial charge in [0.2, 0.25) is 0 Å². The van der Waals surface area contributed by atoms with Crippen LogP contribution in [0.1, 0.15) is 10.7 Å². The van der Waals surface area contributed by atoms with Crippen molar-refractivity contribution >= 4 is 23.4 Å². The lowest BCUT2D eigenvalue weighted by molar-refractivity contribution is -0.131. The van der Waals surface area contributed by atoms with Crippen molar-refractivity contribution in [1.29, 1.82) is 0 Å². The molecule has 1 heterocycles. The Kier molecular flexibility index (Phi) is 3.79. The minimum atomic E-state index is -0.952. The summed E-state index contributed by atoms with van der Waals surface area (Å²) in [6.07, 6.45) is 2.59. The van der Waals surface area contributed by atoms with Crippen LogP contribution >= 0.6 is 11.3 Å². The van der Waals surface area contributed by atoms with Crippen LogP contribution in [0.3, 0.4) is 0 Å². The molecule has 0 fully saturated rings. The quantitative estimate of drug-likeness (QED) is 0.764. The second-order valence-electron chi connectivity index (χ2n) is 3.08. The van der Waals surface area contributed by atoms with E-state index < -0.39 is 5.97 Å². The van der Waals surface area contributed by atoms with Crippen molar-refractivity contribution in [3.8, 4) is 0 Å². The summed E-state index contributed by atoms with van der Waals surface area (Å²) in [5, 5.41) is 11.2. The summed E-state index contributed by atoms with van der Waals surface area (Å²) in [5.41, 5.74) is 0.703. The number of hydrogen-bond acceptors (Lipinski definition) is 4. The highest BCUT2D eigenvalue weighted by atomic mass is 32.1. The van der Waals surface area contributed by atoms with E-state index in [0.29, 0.717) is 5.69 Å². The van der Waals surface area contributed by atoms with Gasteiger partial charge in [0, 0.05) is 18.0 Å². The second kappa shape index (κ2) is 4.88. The normalized spacial score (nSPS) is 11.4. The first-order valence-electron chi connectivity index (χ1n) is 4.08. The van der Waals surface area contributed by atoms with Gasteiger partial charge in [-0.1, -0.05) is 0 Å². The molecule has 1 aromatic rings. The van der Waals surface area contributed by atoms with Crippen LogP contribution in [0.15, 0.2) is 11.5 Å². The first kappa shape index (κ1) is 10.9. The average Bonchev–Trinajstić information content (AvgIpc) is 2.47. The zero-order valence-electron chi connectivity index (χ0n) is 8.10. The molecule has 0 aromatic carbocycles. The fourth-order valence-electron chi connectivity index (χ4n) is 0.901. The molecule has 0 saturated carbocycles. The van der Waals surface area contributed by atoms with Gasteiger partial charge >= 0.3 is 5.97 Å². The van der Waals surface area contributed by atoms with Crippen molar-refractivity contribution in [3.05, 3.63) is 22.2 Å². The van der Waals surface area contributed by atoms with Crippen LogP contribution in [0.2, 0.25) is 0 Å². The summed E-state index contributed by atoms with van der Waals surface area (Å²) in [6.45, 7) is 0.783. The smallest absolute Gasteiger partial charge is 0.328 e. The Balaban J connectivity index is 2.63. The lowest BCUT2D eigenvalue weighted by atomic mass is 10.4. The standard InChI is InChI=1S/C9H12N2O2S/c1-11(2)5-8-10-7(6-14-8)3-4-9(12)13/h3-4,6H,5H2,1-2H3,(H,12,13)/b4-3+. The van der Waals surface area contributed by atoms with Gasteiger partial charge in [-0.15, -0.1) is 11.3 Å². The predicted molar refractivity (Wildman–Crippen MR) is 56.2 cm³/mol. The first-order chi connectivity index (χ1) is 6.58. The van der Waals surface area contributed by atoms with Gasteiger partial charge < -0.3 is 10.0 Å². The van der Waals surface area contributed by atoms with Crippen LogP contribution in [0.25, 0.3) is 6.08 Å². The predicted octanol–water partition coefficient (Wildman–Crippen LogP) is 1.30. The Morgan fingerprint density at radius 1 is 1.71 bits per heavy atom. The molecule has 0 amide bonds. The molecule has 0 aliphatic rings. The molecule has 0 radical (unpaired) electrons. The molecule has 0 spiro atoms. The van der Waals surface area contributed by atoms with E-state index in [-0.39, 0.29) is 0 Å². The molecule has 0 unspecified atom stereocenters. The van der Waals surface area contributed by atoms with Crippen molar-refractivity contribution in [3.63, 3.8) is 0 Å². The zero-order valence-corrected chi connectivity index (χ0v) is 8.91. The number of aromatic nitrogens is 1. The fraction of sp³-hybridized carbons (Fsp3) is 0.333. The SMILES string of the molecule is CN(C)Cc1nc(/C=C/C(=O)O)cs1. The maximum absolute atomic E-state index is 10.2. The molecular formula is C9H12N2O2S. The molecule has 5 heteroatoms. The van der Waals surface area contributed by atoms with Crippen molar-refractivity contribution in [2.75, 3.05) is 14.1 Å². The highest BCUT2D eigenvalue weighted by Gasteiger charge is 2.00. The number of carboxylic acid groups (broad SMARTS) is 1. The number of rotatable bonds is 4. The summed E-state index contributed by atoms with van der Waals surface area (Å²) >= 11 is 1.53. The first-order valence-corrected chi connectivity index (χ1v) is 4.96. The van der Waals surface area contributed by atoms with Crippen LogP contribution in [0.5, 0.6) is 0 Å². The van der Waals surface area contributed by atoms with Crippen molar-refractivity contribution in [1.82, 2.24) is 9.88 Å². The van der Waals surface area contributed by atoms with Crippen LogP contribution in [0, 0.1) is 0 Å². The second-order valence-corrected chi connectivity index (χ2v) is 4.02. The number of carbonyl (C=O) groups is 1. The Morgan fingerprint density at radius 3 is 3.00 bits per heavy atom. The van der Waals surface area contributed by atoms with Gasteiger partial charge in [0.1, 0.15) is 5.01 Å². The number of hydrogen-bond donors (Lipinski definition) is 1. The highest BCUT2D eigenvalue weighted by molar-refractivity contribution is 7.09. The molecule has 0 atom stereocenters. The zero-order chi connectivity index (χ0) is 10.6. The molecule has 1 aromatic heterocycles. The number of nitrogens with zero attached hydrogens (tertiary/aromatic N) is 2. The highest BCUT2D eigenvalue weighted by Crippen LogP contribution is 2.12. The lowest BCUT2D eigenvalue weighted by Gasteiger charge is -2.04. The van der Waals surface area contributed by atoms with E-state index in [4.69, 9.17) is 5.11 Å². The Labute approximate surface area is 86.5 Å². The van der Waals surface area contributed by atoms with Crippen LogP contribution in [-0.2, 0) is 11.3 Å². The maximum atomic E-state index is 10.2. The molecule has 0 saturated heterocycles. The summed E-state index contributed by atoms with van der Waals surface area (Å²) < 4.78 is 0. The number of aliphatic carboxylic acids is 1. The third-order valence-corrected chi connectivity index (χ3v) is 2.27. The van der Waals surface area contributed by atoms with E-state index in [2.05, 4.69) is 4.98 Å². The molecule has 14 heavy (non-hydrogen) atoms. The molecule has 4 nitrogen and oxygen atoms in total. The number of carboxylic acids is 1. The van der Waals surface area contributed by atoms with Gasteiger partial charge in [-0.05, 0) is 20.2 Å². The molecule has 1 N–H and O–H groups in total. The van der Waals surface area contributed by atoms with Gasteiger partial charge in [0.15, 0.2) is 0 Å². The van der Waals surface area contributed by atoms with Gasteiger partial charge in [-0.2, -0.15) is 0 Å².